The van der Waals surface area contributed by atoms with Gasteiger partial charge in [0, 0.05) is 24.3 Å². The van der Waals surface area contributed by atoms with Crippen molar-refractivity contribution in [2.75, 3.05) is 12.9 Å². The van der Waals surface area contributed by atoms with Crippen LogP contribution in [-0.2, 0) is 14.3 Å². The second kappa shape index (κ2) is 9.32. The topological polar surface area (TPSA) is 92.7 Å². The van der Waals surface area contributed by atoms with E-state index in [1.54, 1.807) is 0 Å². The molecule has 0 aliphatic carbocycles. The van der Waals surface area contributed by atoms with Crippen molar-refractivity contribution in [2.24, 2.45) is 0 Å². The first-order valence-corrected chi connectivity index (χ1v) is 9.02. The minimum absolute atomic E-state index is 0.0612. The molecule has 0 heterocycles. The zero-order valence-electron chi connectivity index (χ0n) is 15.0. The number of thioether (sulfide) groups is 1. The summed E-state index contributed by atoms with van der Waals surface area (Å²) in [6.07, 6.45) is 0. The Kier molecular flexibility index (Phi) is 7.11. The number of methoxy groups -OCH3 is 1. The number of benzene rings is 2. The average Bonchev–Trinajstić information content (AvgIpc) is 2.64. The van der Waals surface area contributed by atoms with Crippen LogP contribution in [-0.4, -0.2) is 41.0 Å². The van der Waals surface area contributed by atoms with Gasteiger partial charge in [0.05, 0.1) is 12.7 Å². The van der Waals surface area contributed by atoms with Gasteiger partial charge in [-0.2, -0.15) is 0 Å². The lowest BCUT2D eigenvalue weighted by molar-refractivity contribution is -0.144. The molecule has 0 saturated carbocycles. The number of esters is 1. The molecular formula is C19H17F2NO5S. The van der Waals surface area contributed by atoms with Crippen molar-refractivity contribution in [3.8, 4) is 16.9 Å². The quantitative estimate of drug-likeness (QED) is 0.713. The van der Waals surface area contributed by atoms with Gasteiger partial charge in [0.1, 0.15) is 23.4 Å². The summed E-state index contributed by atoms with van der Waals surface area (Å²) < 4.78 is 31.7. The molecule has 2 aromatic carbocycles. The number of phenols is 1. The van der Waals surface area contributed by atoms with Gasteiger partial charge in [-0.1, -0.05) is 17.8 Å². The molecule has 2 rings (SSSR count). The van der Waals surface area contributed by atoms with E-state index >= 15 is 0 Å². The first-order valence-electron chi connectivity index (χ1n) is 8.03. The molecule has 1 amide bonds. The van der Waals surface area contributed by atoms with Crippen LogP contribution >= 0.6 is 11.8 Å². The van der Waals surface area contributed by atoms with Crippen LogP contribution in [0.4, 0.5) is 8.78 Å². The predicted molar refractivity (Wildman–Crippen MR) is 99.9 cm³/mol. The fourth-order valence-electron chi connectivity index (χ4n) is 2.38. The number of phenolic OH excluding ortho intramolecular Hbond substituents is 1. The van der Waals surface area contributed by atoms with Crippen LogP contribution < -0.4 is 5.32 Å². The van der Waals surface area contributed by atoms with Gasteiger partial charge in [0.25, 0.3) is 0 Å². The number of hydrogen-bond acceptors (Lipinski definition) is 6. The largest absolute Gasteiger partial charge is 0.507 e. The van der Waals surface area contributed by atoms with Crippen molar-refractivity contribution in [3.05, 3.63) is 53.6 Å². The Morgan fingerprint density at radius 3 is 2.50 bits per heavy atom. The fourth-order valence-corrected chi connectivity index (χ4v) is 3.24. The molecule has 0 saturated heterocycles. The molecule has 0 spiro atoms. The zero-order valence-corrected chi connectivity index (χ0v) is 15.8. The molecule has 148 valence electrons. The summed E-state index contributed by atoms with van der Waals surface area (Å²) in [6.45, 7) is 1.22. The van der Waals surface area contributed by atoms with Gasteiger partial charge < -0.3 is 15.2 Å². The minimum atomic E-state index is -1.05. The lowest BCUT2D eigenvalue weighted by Gasteiger charge is -2.15. The number of amides is 1. The van der Waals surface area contributed by atoms with Gasteiger partial charge in [0.2, 0.25) is 11.0 Å². The number of hydrogen-bond donors (Lipinski definition) is 2. The molecule has 0 bridgehead atoms. The van der Waals surface area contributed by atoms with Gasteiger partial charge in [-0.3, -0.25) is 9.59 Å². The molecule has 2 N–H and O–H groups in total. The lowest BCUT2D eigenvalue weighted by atomic mass is 10.0. The maximum Gasteiger partial charge on any atom is 0.329 e. The number of ether oxygens (including phenoxy) is 1. The van der Waals surface area contributed by atoms with E-state index in [-0.39, 0.29) is 28.2 Å². The van der Waals surface area contributed by atoms with Crippen LogP contribution in [0.25, 0.3) is 11.1 Å². The molecule has 0 fully saturated rings. The van der Waals surface area contributed by atoms with Gasteiger partial charge >= 0.3 is 5.97 Å². The van der Waals surface area contributed by atoms with Crippen molar-refractivity contribution in [1.82, 2.24) is 5.32 Å². The summed E-state index contributed by atoms with van der Waals surface area (Å²) in [5, 5.41) is 11.8. The molecule has 0 radical (unpaired) electrons. The third kappa shape index (κ3) is 5.29. The summed E-state index contributed by atoms with van der Waals surface area (Å²) in [6, 6.07) is 5.85. The van der Waals surface area contributed by atoms with E-state index in [0.29, 0.717) is 17.8 Å². The predicted octanol–water partition coefficient (Wildman–Crippen LogP) is 2.89. The minimum Gasteiger partial charge on any atom is -0.507 e. The van der Waals surface area contributed by atoms with Crippen molar-refractivity contribution >= 4 is 28.8 Å². The smallest absolute Gasteiger partial charge is 0.329 e. The highest BCUT2D eigenvalue weighted by Gasteiger charge is 2.23. The third-order valence-electron chi connectivity index (χ3n) is 3.70. The monoisotopic (exact) mass is 409 g/mol. The zero-order chi connectivity index (χ0) is 20.8. The number of rotatable bonds is 6. The third-order valence-corrected chi connectivity index (χ3v) is 4.68. The van der Waals surface area contributed by atoms with Crippen LogP contribution in [0, 0.1) is 11.6 Å². The van der Waals surface area contributed by atoms with Crippen LogP contribution in [0.15, 0.2) is 36.4 Å². The van der Waals surface area contributed by atoms with Gasteiger partial charge in [0.15, 0.2) is 0 Å². The van der Waals surface area contributed by atoms with Gasteiger partial charge in [-0.15, -0.1) is 0 Å². The Balaban J connectivity index is 2.23. The van der Waals surface area contributed by atoms with Crippen molar-refractivity contribution < 1.29 is 33.0 Å². The highest BCUT2D eigenvalue weighted by molar-refractivity contribution is 8.14. The van der Waals surface area contributed by atoms with Gasteiger partial charge in [-0.25, -0.2) is 13.6 Å². The van der Waals surface area contributed by atoms with Crippen molar-refractivity contribution in [1.29, 1.82) is 0 Å². The summed E-state index contributed by atoms with van der Waals surface area (Å²) in [4.78, 5) is 35.3. The Bertz CT molecular complexity index is 919. The summed E-state index contributed by atoms with van der Waals surface area (Å²) in [5.41, 5.74) is 0.217. The lowest BCUT2D eigenvalue weighted by Crippen LogP contribution is -2.42. The highest BCUT2D eigenvalue weighted by atomic mass is 32.2. The Morgan fingerprint density at radius 1 is 1.18 bits per heavy atom. The SMILES string of the molecule is COC(=O)C(CSC(=O)c1cc(-c2ccc(F)cc2F)ccc1O)NC(C)=O. The Morgan fingerprint density at radius 2 is 1.89 bits per heavy atom. The molecular weight excluding hydrogens is 392 g/mol. The number of nitrogens with one attached hydrogen (secondary N) is 1. The maximum absolute atomic E-state index is 14.0. The molecule has 0 aliphatic rings. The first kappa shape index (κ1) is 21.4. The number of aromatic hydroxyl groups is 1. The Hall–Kier alpha value is -2.94. The van der Waals surface area contributed by atoms with E-state index in [9.17, 15) is 28.3 Å². The molecule has 1 unspecified atom stereocenters. The molecule has 0 aromatic heterocycles. The second-order valence-electron chi connectivity index (χ2n) is 5.73. The molecule has 1 atom stereocenters. The van der Waals surface area contributed by atoms with E-state index in [1.165, 1.54) is 31.2 Å². The van der Waals surface area contributed by atoms with Crippen LogP contribution in [0.2, 0.25) is 0 Å². The molecule has 9 heteroatoms. The average molecular weight is 409 g/mol. The van der Waals surface area contributed by atoms with E-state index in [2.05, 4.69) is 10.1 Å². The van der Waals surface area contributed by atoms with Crippen LogP contribution in [0.1, 0.15) is 17.3 Å². The number of halogens is 2. The van der Waals surface area contributed by atoms with Crippen molar-refractivity contribution in [2.45, 2.75) is 13.0 Å². The summed E-state index contributed by atoms with van der Waals surface area (Å²) in [5.74, 6) is -3.20. The first-order chi connectivity index (χ1) is 13.2. The second-order valence-corrected chi connectivity index (χ2v) is 6.72. The molecule has 28 heavy (non-hydrogen) atoms. The van der Waals surface area contributed by atoms with E-state index < -0.39 is 34.7 Å². The maximum atomic E-state index is 14.0. The summed E-state index contributed by atoms with van der Waals surface area (Å²) in [7, 11) is 1.15. The molecule has 0 aliphatic heterocycles. The van der Waals surface area contributed by atoms with Gasteiger partial charge in [-0.05, 0) is 29.8 Å². The fraction of sp³-hybridized carbons (Fsp3) is 0.211. The van der Waals surface area contributed by atoms with Crippen molar-refractivity contribution in [3.63, 3.8) is 0 Å². The summed E-state index contributed by atoms with van der Waals surface area (Å²) >= 11 is 0.680. The Labute approximate surface area is 163 Å². The standard InChI is InChI=1S/C19H17F2NO5S/c1-10(23)22-16(18(25)27-2)9-28-19(26)14-7-11(3-6-17(14)24)13-5-4-12(20)8-15(13)21/h3-8,16,24H,9H2,1-2H3,(H,22,23). The molecule has 6 nitrogen and oxygen atoms in total. The molecule has 2 aromatic rings. The number of carbonyl (C=O) groups is 3. The normalized spacial score (nSPS) is 11.6. The van der Waals surface area contributed by atoms with E-state index in [1.807, 2.05) is 0 Å². The van der Waals surface area contributed by atoms with E-state index in [0.717, 1.165) is 13.2 Å². The van der Waals surface area contributed by atoms with E-state index in [4.69, 9.17) is 0 Å². The van der Waals surface area contributed by atoms with Crippen LogP contribution in [0.5, 0.6) is 5.75 Å². The number of carbonyl (C=O) groups excluding carboxylic acids is 3. The highest BCUT2D eigenvalue weighted by Crippen LogP contribution is 2.30. The van der Waals surface area contributed by atoms with Crippen LogP contribution in [0.3, 0.4) is 0 Å².